The van der Waals surface area contributed by atoms with Crippen LogP contribution in [0, 0.1) is 11.7 Å². The van der Waals surface area contributed by atoms with Crippen LogP contribution in [0.4, 0.5) is 4.39 Å². The van der Waals surface area contributed by atoms with Gasteiger partial charge in [-0.3, -0.25) is 4.79 Å². The van der Waals surface area contributed by atoms with Crippen molar-refractivity contribution in [2.45, 2.75) is 32.4 Å². The van der Waals surface area contributed by atoms with E-state index in [-0.39, 0.29) is 23.8 Å². The summed E-state index contributed by atoms with van der Waals surface area (Å²) in [4.78, 5) is 11.4. The van der Waals surface area contributed by atoms with Crippen molar-refractivity contribution >= 4 is 5.97 Å². The first-order chi connectivity index (χ1) is 8.65. The lowest BCUT2D eigenvalue weighted by molar-refractivity contribution is -0.149. The third-order valence-corrected chi connectivity index (χ3v) is 2.90. The van der Waals surface area contributed by atoms with E-state index in [9.17, 15) is 9.18 Å². The van der Waals surface area contributed by atoms with Crippen LogP contribution in [0.1, 0.15) is 25.3 Å². The summed E-state index contributed by atoms with van der Waals surface area (Å²) >= 11 is 0. The van der Waals surface area contributed by atoms with Gasteiger partial charge in [-0.15, -0.1) is 0 Å². The lowest BCUT2D eigenvalue weighted by Gasteiger charge is -2.14. The molecule has 98 valence electrons. The number of nitrogens with one attached hydrogen (secondary N) is 1. The second kappa shape index (κ2) is 5.96. The third-order valence-electron chi connectivity index (χ3n) is 2.90. The van der Waals surface area contributed by atoms with E-state index in [2.05, 4.69) is 5.32 Å². The van der Waals surface area contributed by atoms with Gasteiger partial charge in [0.05, 0.1) is 5.92 Å². The molecule has 4 heteroatoms. The molecule has 0 radical (unpaired) electrons. The van der Waals surface area contributed by atoms with Gasteiger partial charge >= 0.3 is 5.97 Å². The van der Waals surface area contributed by atoms with E-state index < -0.39 is 0 Å². The molecule has 1 unspecified atom stereocenters. The fourth-order valence-electron chi connectivity index (χ4n) is 1.68. The zero-order valence-corrected chi connectivity index (χ0v) is 10.5. The van der Waals surface area contributed by atoms with Crippen LogP contribution in [0.5, 0.6) is 0 Å². The van der Waals surface area contributed by atoms with E-state index in [1.807, 2.05) is 6.92 Å². The quantitative estimate of drug-likeness (QED) is 0.788. The largest absolute Gasteiger partial charge is 0.461 e. The molecule has 1 atom stereocenters. The zero-order valence-electron chi connectivity index (χ0n) is 10.5. The SMILES string of the molecule is CC(CNCc1ccc(F)cc1)OC(=O)C1CC1. The van der Waals surface area contributed by atoms with Crippen LogP contribution in [0.2, 0.25) is 0 Å². The lowest BCUT2D eigenvalue weighted by atomic mass is 10.2. The zero-order chi connectivity index (χ0) is 13.0. The van der Waals surface area contributed by atoms with Crippen molar-refractivity contribution in [3.05, 3.63) is 35.6 Å². The predicted molar refractivity (Wildman–Crippen MR) is 66.4 cm³/mol. The monoisotopic (exact) mass is 251 g/mol. The Morgan fingerprint density at radius 2 is 2.11 bits per heavy atom. The molecule has 1 aliphatic carbocycles. The molecule has 1 aromatic rings. The number of hydrogen-bond donors (Lipinski definition) is 1. The number of carbonyl (C=O) groups is 1. The van der Waals surface area contributed by atoms with Crippen LogP contribution in [0.25, 0.3) is 0 Å². The van der Waals surface area contributed by atoms with Crippen LogP contribution in [-0.2, 0) is 16.1 Å². The summed E-state index contributed by atoms with van der Waals surface area (Å²) in [5.74, 6) is -0.166. The van der Waals surface area contributed by atoms with Gasteiger partial charge in [-0.1, -0.05) is 12.1 Å². The highest BCUT2D eigenvalue weighted by atomic mass is 19.1. The van der Waals surface area contributed by atoms with Gasteiger partial charge < -0.3 is 10.1 Å². The molecule has 1 fully saturated rings. The fraction of sp³-hybridized carbons (Fsp3) is 0.500. The Bertz CT molecular complexity index is 401. The molecule has 1 aromatic carbocycles. The Labute approximate surface area is 106 Å². The van der Waals surface area contributed by atoms with E-state index in [0.29, 0.717) is 13.1 Å². The molecule has 0 saturated heterocycles. The number of carbonyl (C=O) groups excluding carboxylic acids is 1. The summed E-state index contributed by atoms with van der Waals surface area (Å²) in [5.41, 5.74) is 1.01. The van der Waals surface area contributed by atoms with E-state index in [1.165, 1.54) is 12.1 Å². The number of ether oxygens (including phenoxy) is 1. The number of halogens is 1. The summed E-state index contributed by atoms with van der Waals surface area (Å²) in [6, 6.07) is 6.35. The topological polar surface area (TPSA) is 38.3 Å². The van der Waals surface area contributed by atoms with Gasteiger partial charge in [0.25, 0.3) is 0 Å². The predicted octanol–water partition coefficient (Wildman–Crippen LogP) is 2.26. The minimum absolute atomic E-state index is 0.0777. The minimum Gasteiger partial charge on any atom is -0.461 e. The van der Waals surface area contributed by atoms with Gasteiger partial charge in [-0.05, 0) is 37.5 Å². The molecule has 3 nitrogen and oxygen atoms in total. The van der Waals surface area contributed by atoms with Crippen molar-refractivity contribution in [1.82, 2.24) is 5.32 Å². The van der Waals surface area contributed by atoms with Crippen molar-refractivity contribution in [3.8, 4) is 0 Å². The molecule has 0 heterocycles. The summed E-state index contributed by atoms with van der Waals surface area (Å²) in [6.07, 6.45) is 1.81. The summed E-state index contributed by atoms with van der Waals surface area (Å²) in [5, 5.41) is 3.19. The minimum atomic E-state index is -0.231. The van der Waals surface area contributed by atoms with Gasteiger partial charge in [0.15, 0.2) is 0 Å². The smallest absolute Gasteiger partial charge is 0.309 e. The highest BCUT2D eigenvalue weighted by Crippen LogP contribution is 2.30. The average Bonchev–Trinajstić information content (AvgIpc) is 3.15. The molecule has 0 bridgehead atoms. The maximum absolute atomic E-state index is 12.7. The van der Waals surface area contributed by atoms with Gasteiger partial charge in [-0.25, -0.2) is 4.39 Å². The van der Waals surface area contributed by atoms with E-state index in [0.717, 1.165) is 18.4 Å². The number of benzene rings is 1. The molecular formula is C14H18FNO2. The van der Waals surface area contributed by atoms with Crippen molar-refractivity contribution in [2.75, 3.05) is 6.54 Å². The molecule has 0 amide bonds. The van der Waals surface area contributed by atoms with E-state index in [4.69, 9.17) is 4.74 Å². The Balaban J connectivity index is 1.64. The summed E-state index contributed by atoms with van der Waals surface area (Å²) in [7, 11) is 0. The molecule has 18 heavy (non-hydrogen) atoms. The molecule has 0 spiro atoms. The van der Waals surface area contributed by atoms with Crippen LogP contribution in [0.15, 0.2) is 24.3 Å². The second-order valence-electron chi connectivity index (χ2n) is 4.78. The first kappa shape index (κ1) is 13.0. The van der Waals surface area contributed by atoms with Crippen molar-refractivity contribution < 1.29 is 13.9 Å². The van der Waals surface area contributed by atoms with E-state index >= 15 is 0 Å². The van der Waals surface area contributed by atoms with Crippen molar-refractivity contribution in [1.29, 1.82) is 0 Å². The number of hydrogen-bond acceptors (Lipinski definition) is 3. The van der Waals surface area contributed by atoms with E-state index in [1.54, 1.807) is 12.1 Å². The second-order valence-corrected chi connectivity index (χ2v) is 4.78. The van der Waals surface area contributed by atoms with Crippen LogP contribution in [-0.4, -0.2) is 18.6 Å². The molecule has 2 rings (SSSR count). The molecule has 1 aliphatic rings. The number of esters is 1. The summed E-state index contributed by atoms with van der Waals surface area (Å²) in [6.45, 7) is 3.12. The molecule has 1 saturated carbocycles. The Hall–Kier alpha value is -1.42. The first-order valence-corrected chi connectivity index (χ1v) is 6.31. The maximum Gasteiger partial charge on any atom is 0.309 e. The fourth-order valence-corrected chi connectivity index (χ4v) is 1.68. The van der Waals surface area contributed by atoms with Crippen LogP contribution < -0.4 is 5.32 Å². The van der Waals surface area contributed by atoms with Crippen molar-refractivity contribution in [2.24, 2.45) is 5.92 Å². The lowest BCUT2D eigenvalue weighted by Crippen LogP contribution is -2.29. The average molecular weight is 251 g/mol. The van der Waals surface area contributed by atoms with Gasteiger partial charge in [0.2, 0.25) is 0 Å². The highest BCUT2D eigenvalue weighted by molar-refractivity contribution is 5.75. The molecule has 0 aromatic heterocycles. The van der Waals surface area contributed by atoms with Gasteiger partial charge in [-0.2, -0.15) is 0 Å². The van der Waals surface area contributed by atoms with Crippen LogP contribution in [0.3, 0.4) is 0 Å². The molecule has 0 aliphatic heterocycles. The third kappa shape index (κ3) is 4.11. The Kier molecular flexibility index (Phi) is 4.31. The Morgan fingerprint density at radius 3 is 2.72 bits per heavy atom. The van der Waals surface area contributed by atoms with Crippen LogP contribution >= 0.6 is 0 Å². The van der Waals surface area contributed by atoms with Gasteiger partial charge in [0, 0.05) is 13.1 Å². The maximum atomic E-state index is 12.7. The normalized spacial score (nSPS) is 16.3. The summed E-state index contributed by atoms with van der Waals surface area (Å²) < 4.78 is 18.0. The highest BCUT2D eigenvalue weighted by Gasteiger charge is 2.32. The van der Waals surface area contributed by atoms with Crippen molar-refractivity contribution in [3.63, 3.8) is 0 Å². The molecule has 1 N–H and O–H groups in total. The molecular weight excluding hydrogens is 233 g/mol. The Morgan fingerprint density at radius 1 is 1.44 bits per heavy atom. The first-order valence-electron chi connectivity index (χ1n) is 6.31. The number of rotatable bonds is 6. The van der Waals surface area contributed by atoms with Gasteiger partial charge in [0.1, 0.15) is 11.9 Å². The standard InChI is InChI=1S/C14H18FNO2/c1-10(18-14(17)12-4-5-12)8-16-9-11-2-6-13(15)7-3-11/h2-3,6-7,10,12,16H,4-5,8-9H2,1H3.